The summed E-state index contributed by atoms with van der Waals surface area (Å²) in [6, 6.07) is 0. The maximum atomic E-state index is 10.9. The van der Waals surface area contributed by atoms with E-state index in [1.165, 1.54) is 83.5 Å². The zero-order valence-corrected chi connectivity index (χ0v) is 13.9. The molecule has 2 nitrogen and oxygen atoms in total. The third-order valence-electron chi connectivity index (χ3n) is 4.31. The maximum Gasteiger partial charge on any atom is 0.331 e. The van der Waals surface area contributed by atoms with E-state index >= 15 is 0 Å². The quantitative estimate of drug-likeness (QED) is 0.292. The molecule has 1 rings (SSSR count). The van der Waals surface area contributed by atoms with Gasteiger partial charge in [-0.25, -0.2) is 4.79 Å². The molecular weight excluding hydrogens is 260 g/mol. The number of carbonyl (C=O) groups excluding carboxylic acids is 1. The Morgan fingerprint density at radius 3 is 1.71 bits per heavy atom. The van der Waals surface area contributed by atoms with Crippen molar-refractivity contribution in [2.24, 2.45) is 0 Å². The monoisotopic (exact) mass is 294 g/mol. The van der Waals surface area contributed by atoms with Crippen LogP contribution in [0.3, 0.4) is 0 Å². The van der Waals surface area contributed by atoms with Crippen LogP contribution in [0.2, 0.25) is 0 Å². The molecule has 1 heterocycles. The van der Waals surface area contributed by atoms with Crippen LogP contribution in [0.4, 0.5) is 0 Å². The van der Waals surface area contributed by atoms with Gasteiger partial charge < -0.3 is 4.74 Å². The van der Waals surface area contributed by atoms with Crippen molar-refractivity contribution >= 4 is 5.97 Å². The second-order valence-electron chi connectivity index (χ2n) is 6.37. The van der Waals surface area contributed by atoms with E-state index in [-0.39, 0.29) is 12.1 Å². The van der Waals surface area contributed by atoms with Gasteiger partial charge in [-0.1, -0.05) is 84.0 Å². The van der Waals surface area contributed by atoms with Crippen LogP contribution < -0.4 is 0 Å². The van der Waals surface area contributed by atoms with E-state index in [1.807, 2.05) is 6.08 Å². The summed E-state index contributed by atoms with van der Waals surface area (Å²) in [5, 5.41) is 0. The molecule has 2 heteroatoms. The Hall–Kier alpha value is -0.790. The van der Waals surface area contributed by atoms with E-state index in [4.69, 9.17) is 4.74 Å². The van der Waals surface area contributed by atoms with Gasteiger partial charge in [0.2, 0.25) is 0 Å². The summed E-state index contributed by atoms with van der Waals surface area (Å²) in [7, 11) is 0. The number of ether oxygens (including phenoxy) is 1. The molecule has 0 N–H and O–H groups in total. The summed E-state index contributed by atoms with van der Waals surface area (Å²) in [4.78, 5) is 10.9. The molecule has 0 aromatic heterocycles. The number of unbranched alkanes of at least 4 members (excludes halogenated alkanes) is 12. The number of hydrogen-bond donors (Lipinski definition) is 0. The summed E-state index contributed by atoms with van der Waals surface area (Å²) in [6.07, 6.45) is 22.4. The van der Waals surface area contributed by atoms with Crippen molar-refractivity contribution in [1.82, 2.24) is 0 Å². The molecule has 21 heavy (non-hydrogen) atoms. The minimum absolute atomic E-state index is 0.0604. The van der Waals surface area contributed by atoms with Crippen LogP contribution in [0.25, 0.3) is 0 Å². The van der Waals surface area contributed by atoms with E-state index in [2.05, 4.69) is 6.92 Å². The van der Waals surface area contributed by atoms with Crippen molar-refractivity contribution in [3.63, 3.8) is 0 Å². The van der Waals surface area contributed by atoms with Gasteiger partial charge in [-0.15, -0.1) is 0 Å². The van der Waals surface area contributed by atoms with Gasteiger partial charge >= 0.3 is 5.97 Å². The summed E-state index contributed by atoms with van der Waals surface area (Å²) in [5.41, 5.74) is 0. The first-order valence-corrected chi connectivity index (χ1v) is 9.21. The van der Waals surface area contributed by atoms with Crippen LogP contribution in [0, 0.1) is 0 Å². The van der Waals surface area contributed by atoms with Crippen molar-refractivity contribution in [1.29, 1.82) is 0 Å². The lowest BCUT2D eigenvalue weighted by atomic mass is 10.0. The molecule has 0 bridgehead atoms. The molecule has 1 atom stereocenters. The summed E-state index contributed by atoms with van der Waals surface area (Å²) >= 11 is 0. The molecule has 122 valence electrons. The number of esters is 1. The normalized spacial score (nSPS) is 17.4. The standard InChI is InChI=1S/C19H34O2/c1-2-3-4-5-6-7-8-9-10-11-12-13-14-15-18-16-17-19(20)21-18/h16-18H,2-15H2,1H3/t18-/m1/s1. The highest BCUT2D eigenvalue weighted by atomic mass is 16.5. The predicted octanol–water partition coefficient (Wildman–Crippen LogP) is 5.95. The molecule has 0 amide bonds. The molecule has 0 saturated carbocycles. The smallest absolute Gasteiger partial charge is 0.331 e. The zero-order valence-electron chi connectivity index (χ0n) is 13.9. The molecule has 0 radical (unpaired) electrons. The van der Waals surface area contributed by atoms with Crippen molar-refractivity contribution in [3.05, 3.63) is 12.2 Å². The van der Waals surface area contributed by atoms with Gasteiger partial charge in [-0.3, -0.25) is 0 Å². The van der Waals surface area contributed by atoms with Crippen LogP contribution in [-0.2, 0) is 9.53 Å². The Balaban J connectivity index is 1.71. The Bertz CT molecular complexity index is 283. The van der Waals surface area contributed by atoms with Crippen molar-refractivity contribution in [2.45, 2.75) is 103 Å². The zero-order chi connectivity index (χ0) is 15.2. The summed E-state index contributed by atoms with van der Waals surface area (Å²) < 4.78 is 5.12. The highest BCUT2D eigenvalue weighted by Crippen LogP contribution is 2.16. The van der Waals surface area contributed by atoms with E-state index in [1.54, 1.807) is 6.08 Å². The Morgan fingerprint density at radius 1 is 0.810 bits per heavy atom. The third kappa shape index (κ3) is 10.6. The molecule has 1 aliphatic rings. The average molecular weight is 294 g/mol. The fourth-order valence-electron chi connectivity index (χ4n) is 2.93. The van der Waals surface area contributed by atoms with Crippen molar-refractivity contribution in [3.8, 4) is 0 Å². The summed E-state index contributed by atoms with van der Waals surface area (Å²) in [5.74, 6) is -0.172. The topological polar surface area (TPSA) is 26.3 Å². The van der Waals surface area contributed by atoms with E-state index < -0.39 is 0 Å². The second kappa shape index (κ2) is 12.9. The molecule has 0 aliphatic carbocycles. The summed E-state index contributed by atoms with van der Waals surface area (Å²) in [6.45, 7) is 2.27. The van der Waals surface area contributed by atoms with Gasteiger partial charge in [0, 0.05) is 6.08 Å². The molecular formula is C19H34O2. The predicted molar refractivity (Wildman–Crippen MR) is 89.3 cm³/mol. The average Bonchev–Trinajstić information content (AvgIpc) is 2.89. The highest BCUT2D eigenvalue weighted by Gasteiger charge is 2.15. The fraction of sp³-hybridized carbons (Fsp3) is 0.842. The van der Waals surface area contributed by atoms with Crippen molar-refractivity contribution in [2.75, 3.05) is 0 Å². The molecule has 0 spiro atoms. The number of rotatable bonds is 14. The maximum absolute atomic E-state index is 10.9. The first-order valence-electron chi connectivity index (χ1n) is 9.21. The van der Waals surface area contributed by atoms with Crippen LogP contribution >= 0.6 is 0 Å². The van der Waals surface area contributed by atoms with Gasteiger partial charge in [0.1, 0.15) is 6.10 Å². The van der Waals surface area contributed by atoms with Gasteiger partial charge in [0.15, 0.2) is 0 Å². The minimum Gasteiger partial charge on any atom is -0.455 e. The lowest BCUT2D eigenvalue weighted by Gasteiger charge is -2.07. The first-order chi connectivity index (χ1) is 10.3. The van der Waals surface area contributed by atoms with Crippen LogP contribution in [-0.4, -0.2) is 12.1 Å². The molecule has 0 fully saturated rings. The number of cyclic esters (lactones) is 1. The number of hydrogen-bond acceptors (Lipinski definition) is 2. The molecule has 0 unspecified atom stereocenters. The van der Waals surface area contributed by atoms with E-state index in [0.29, 0.717) is 0 Å². The van der Waals surface area contributed by atoms with Gasteiger partial charge in [0.25, 0.3) is 0 Å². The molecule has 0 aromatic carbocycles. The Morgan fingerprint density at radius 2 is 1.29 bits per heavy atom. The van der Waals surface area contributed by atoms with Gasteiger partial charge in [-0.2, -0.15) is 0 Å². The largest absolute Gasteiger partial charge is 0.455 e. The molecule has 0 aromatic rings. The van der Waals surface area contributed by atoms with E-state index in [9.17, 15) is 4.79 Å². The van der Waals surface area contributed by atoms with Crippen LogP contribution in [0.5, 0.6) is 0 Å². The van der Waals surface area contributed by atoms with Gasteiger partial charge in [0.05, 0.1) is 0 Å². The fourth-order valence-corrected chi connectivity index (χ4v) is 2.93. The number of carbonyl (C=O) groups is 1. The van der Waals surface area contributed by atoms with E-state index in [0.717, 1.165) is 6.42 Å². The minimum atomic E-state index is -0.172. The lowest BCUT2D eigenvalue weighted by Crippen LogP contribution is -2.06. The van der Waals surface area contributed by atoms with Crippen LogP contribution in [0.1, 0.15) is 96.8 Å². The van der Waals surface area contributed by atoms with Crippen LogP contribution in [0.15, 0.2) is 12.2 Å². The molecule has 1 aliphatic heterocycles. The highest BCUT2D eigenvalue weighted by molar-refractivity contribution is 5.84. The SMILES string of the molecule is CCCCCCCCCCCCCCC[C@@H]1C=CC(=O)O1. The Labute approximate surface area is 131 Å². The Kier molecular flexibility index (Phi) is 11.2. The van der Waals surface area contributed by atoms with Crippen molar-refractivity contribution < 1.29 is 9.53 Å². The van der Waals surface area contributed by atoms with Gasteiger partial charge in [-0.05, 0) is 18.9 Å². The lowest BCUT2D eigenvalue weighted by molar-refractivity contribution is -0.138. The second-order valence-corrected chi connectivity index (χ2v) is 6.37. The molecule has 0 saturated heterocycles. The third-order valence-corrected chi connectivity index (χ3v) is 4.31. The first kappa shape index (κ1) is 18.3.